The summed E-state index contributed by atoms with van der Waals surface area (Å²) in [6, 6.07) is 27.2. The van der Waals surface area contributed by atoms with E-state index in [1.807, 2.05) is 95.7 Å². The van der Waals surface area contributed by atoms with Crippen molar-refractivity contribution in [2.45, 2.75) is 6.61 Å². The van der Waals surface area contributed by atoms with Crippen molar-refractivity contribution >= 4 is 22.6 Å². The van der Waals surface area contributed by atoms with Crippen molar-refractivity contribution in [1.82, 2.24) is 4.57 Å². The van der Waals surface area contributed by atoms with E-state index in [1.54, 1.807) is 0 Å². The van der Waals surface area contributed by atoms with Crippen LogP contribution in [0.2, 0.25) is 0 Å². The highest BCUT2D eigenvalue weighted by atomic mass is 16.5. The molecule has 0 amide bonds. The molecular formula is C26H23NO4. The van der Waals surface area contributed by atoms with Gasteiger partial charge in [-0.15, -0.1) is 0 Å². The highest BCUT2D eigenvalue weighted by Crippen LogP contribution is 2.27. The zero-order valence-electron chi connectivity index (χ0n) is 17.0. The van der Waals surface area contributed by atoms with E-state index in [0.29, 0.717) is 25.5 Å². The maximum absolute atomic E-state index is 11.4. The average molecular weight is 413 g/mol. The van der Waals surface area contributed by atoms with Crippen LogP contribution in [0.4, 0.5) is 0 Å². The summed E-state index contributed by atoms with van der Waals surface area (Å²) < 4.78 is 13.4. The van der Waals surface area contributed by atoms with E-state index < -0.39 is 5.97 Å². The van der Waals surface area contributed by atoms with E-state index in [2.05, 4.69) is 0 Å². The van der Waals surface area contributed by atoms with E-state index in [-0.39, 0.29) is 0 Å². The highest BCUT2D eigenvalue weighted by Gasteiger charge is 2.11. The molecule has 0 spiro atoms. The van der Waals surface area contributed by atoms with Crippen LogP contribution in [0, 0.1) is 0 Å². The van der Waals surface area contributed by atoms with Crippen LogP contribution in [-0.2, 0) is 16.1 Å². The van der Waals surface area contributed by atoms with Crippen molar-refractivity contribution in [2.75, 3.05) is 13.2 Å². The summed E-state index contributed by atoms with van der Waals surface area (Å²) in [5, 5.41) is 10.3. The SMILES string of the molecule is O=C(O)/C=C(\c1ccccc1)n1ccc2cc(OCCOCc3ccccc3)ccc21. The number of carboxylic acid groups (broad SMARTS) is 1. The third kappa shape index (κ3) is 5.21. The minimum absolute atomic E-state index is 0.452. The molecule has 0 saturated heterocycles. The number of nitrogens with zero attached hydrogens (tertiary/aromatic N) is 1. The third-order valence-corrected chi connectivity index (χ3v) is 4.86. The Morgan fingerprint density at radius 1 is 0.903 bits per heavy atom. The first kappa shape index (κ1) is 20.4. The monoisotopic (exact) mass is 413 g/mol. The maximum Gasteiger partial charge on any atom is 0.330 e. The molecule has 0 bridgehead atoms. The molecule has 0 saturated carbocycles. The minimum Gasteiger partial charge on any atom is -0.491 e. The second-order valence-corrected chi connectivity index (χ2v) is 7.03. The van der Waals surface area contributed by atoms with Crippen LogP contribution >= 0.6 is 0 Å². The zero-order chi connectivity index (χ0) is 21.5. The molecule has 5 heteroatoms. The number of ether oxygens (including phenoxy) is 2. The van der Waals surface area contributed by atoms with E-state index in [9.17, 15) is 9.90 Å². The number of aliphatic carboxylic acids is 1. The molecule has 4 rings (SSSR count). The van der Waals surface area contributed by atoms with Crippen LogP contribution in [0.15, 0.2) is 97.2 Å². The molecule has 4 aromatic rings. The molecule has 1 N–H and O–H groups in total. The van der Waals surface area contributed by atoms with Gasteiger partial charge in [-0.25, -0.2) is 4.79 Å². The predicted molar refractivity (Wildman–Crippen MR) is 121 cm³/mol. The molecule has 156 valence electrons. The lowest BCUT2D eigenvalue weighted by atomic mass is 10.1. The van der Waals surface area contributed by atoms with Gasteiger partial charge < -0.3 is 19.1 Å². The summed E-state index contributed by atoms with van der Waals surface area (Å²) in [7, 11) is 0. The molecule has 0 aliphatic carbocycles. The van der Waals surface area contributed by atoms with Crippen LogP contribution < -0.4 is 4.74 Å². The van der Waals surface area contributed by atoms with Gasteiger partial charge in [0.25, 0.3) is 0 Å². The lowest BCUT2D eigenvalue weighted by Crippen LogP contribution is -2.06. The topological polar surface area (TPSA) is 60.7 Å². The highest BCUT2D eigenvalue weighted by molar-refractivity contribution is 5.94. The van der Waals surface area contributed by atoms with Crippen molar-refractivity contribution in [3.63, 3.8) is 0 Å². The Bertz CT molecular complexity index is 1180. The Labute approximate surface area is 180 Å². The smallest absolute Gasteiger partial charge is 0.330 e. The van der Waals surface area contributed by atoms with Crippen LogP contribution in [-0.4, -0.2) is 28.9 Å². The number of carbonyl (C=O) groups is 1. The standard InChI is InChI=1S/C26H23NO4/c28-26(29)18-25(21-9-5-2-6-10-21)27-14-13-22-17-23(11-12-24(22)27)31-16-15-30-19-20-7-3-1-4-8-20/h1-14,17-18H,15-16,19H2,(H,28,29)/b25-18+. The Morgan fingerprint density at radius 3 is 2.39 bits per heavy atom. The predicted octanol–water partition coefficient (Wildman–Crippen LogP) is 5.21. The zero-order valence-corrected chi connectivity index (χ0v) is 17.0. The van der Waals surface area contributed by atoms with Crippen LogP contribution in [0.3, 0.4) is 0 Å². The van der Waals surface area contributed by atoms with Gasteiger partial charge in [0, 0.05) is 17.7 Å². The van der Waals surface area contributed by atoms with Gasteiger partial charge >= 0.3 is 5.97 Å². The number of benzene rings is 3. The van der Waals surface area contributed by atoms with Gasteiger partial charge in [-0.05, 0) is 35.4 Å². The first-order valence-electron chi connectivity index (χ1n) is 10.1. The van der Waals surface area contributed by atoms with Gasteiger partial charge in [-0.3, -0.25) is 0 Å². The maximum atomic E-state index is 11.4. The summed E-state index contributed by atoms with van der Waals surface area (Å²) in [6.45, 7) is 1.50. The summed E-state index contributed by atoms with van der Waals surface area (Å²) >= 11 is 0. The number of aromatic nitrogens is 1. The van der Waals surface area contributed by atoms with Gasteiger partial charge in [-0.1, -0.05) is 60.7 Å². The van der Waals surface area contributed by atoms with Crippen molar-refractivity contribution < 1.29 is 19.4 Å². The first-order valence-corrected chi connectivity index (χ1v) is 10.1. The largest absolute Gasteiger partial charge is 0.491 e. The number of hydrogen-bond acceptors (Lipinski definition) is 3. The Balaban J connectivity index is 1.44. The molecule has 1 heterocycles. The molecule has 0 atom stereocenters. The lowest BCUT2D eigenvalue weighted by Gasteiger charge is -2.12. The third-order valence-electron chi connectivity index (χ3n) is 4.86. The Morgan fingerprint density at radius 2 is 1.65 bits per heavy atom. The van der Waals surface area contributed by atoms with Gasteiger partial charge in [0.1, 0.15) is 12.4 Å². The molecular weight excluding hydrogens is 390 g/mol. The second kappa shape index (κ2) is 9.78. The van der Waals surface area contributed by atoms with E-state index >= 15 is 0 Å². The van der Waals surface area contributed by atoms with Gasteiger partial charge in [0.2, 0.25) is 0 Å². The summed E-state index contributed by atoms with van der Waals surface area (Å²) in [4.78, 5) is 11.4. The van der Waals surface area contributed by atoms with E-state index in [1.165, 1.54) is 6.08 Å². The molecule has 1 aromatic heterocycles. The summed E-state index contributed by atoms with van der Waals surface area (Å²) in [5.74, 6) is -0.242. The van der Waals surface area contributed by atoms with Gasteiger partial charge in [-0.2, -0.15) is 0 Å². The summed E-state index contributed by atoms with van der Waals surface area (Å²) in [5.41, 5.74) is 3.47. The number of fused-ring (bicyclic) bond motifs is 1. The fourth-order valence-electron chi connectivity index (χ4n) is 3.42. The van der Waals surface area contributed by atoms with Crippen LogP contribution in [0.1, 0.15) is 11.1 Å². The van der Waals surface area contributed by atoms with Crippen molar-refractivity contribution in [2.24, 2.45) is 0 Å². The molecule has 0 radical (unpaired) electrons. The van der Waals surface area contributed by atoms with Crippen molar-refractivity contribution in [3.8, 4) is 5.75 Å². The Kier molecular flexibility index (Phi) is 6.45. The molecule has 0 aliphatic heterocycles. The summed E-state index contributed by atoms with van der Waals surface area (Å²) in [6.07, 6.45) is 3.10. The Hall–Kier alpha value is -3.83. The van der Waals surface area contributed by atoms with E-state index in [0.717, 1.165) is 27.8 Å². The fourth-order valence-corrected chi connectivity index (χ4v) is 3.42. The number of hydrogen-bond donors (Lipinski definition) is 1. The molecule has 31 heavy (non-hydrogen) atoms. The van der Waals surface area contributed by atoms with Crippen LogP contribution in [0.25, 0.3) is 16.6 Å². The van der Waals surface area contributed by atoms with Crippen LogP contribution in [0.5, 0.6) is 5.75 Å². The van der Waals surface area contributed by atoms with Crippen molar-refractivity contribution in [1.29, 1.82) is 0 Å². The molecule has 0 aliphatic rings. The number of carboxylic acids is 1. The lowest BCUT2D eigenvalue weighted by molar-refractivity contribution is -0.131. The molecule has 5 nitrogen and oxygen atoms in total. The second-order valence-electron chi connectivity index (χ2n) is 7.03. The molecule has 0 fully saturated rings. The fraction of sp³-hybridized carbons (Fsp3) is 0.115. The van der Waals surface area contributed by atoms with E-state index in [4.69, 9.17) is 9.47 Å². The normalized spacial score (nSPS) is 11.5. The minimum atomic E-state index is -0.990. The van der Waals surface area contributed by atoms with Gasteiger partial charge in [0.15, 0.2) is 0 Å². The molecule has 0 unspecified atom stereocenters. The average Bonchev–Trinajstić information content (AvgIpc) is 3.21. The van der Waals surface area contributed by atoms with Crippen molar-refractivity contribution in [3.05, 3.63) is 108 Å². The first-order chi connectivity index (χ1) is 15.2. The number of rotatable bonds is 9. The molecule has 3 aromatic carbocycles. The quantitative estimate of drug-likeness (QED) is 0.302. The van der Waals surface area contributed by atoms with Gasteiger partial charge in [0.05, 0.1) is 24.4 Å².